The van der Waals surface area contributed by atoms with Gasteiger partial charge in [0.05, 0.1) is 24.8 Å². The van der Waals surface area contributed by atoms with Gasteiger partial charge in [-0.1, -0.05) is 25.0 Å². The van der Waals surface area contributed by atoms with Crippen molar-refractivity contribution in [2.45, 2.75) is 62.9 Å². The summed E-state index contributed by atoms with van der Waals surface area (Å²) in [6, 6.07) is 8.10. The third-order valence-corrected chi connectivity index (χ3v) is 7.53. The van der Waals surface area contributed by atoms with E-state index in [1.807, 2.05) is 25.3 Å². The number of piperidine rings is 1. The molecule has 0 N–H and O–H groups in total. The molecular formula is C25H31N3O3. The van der Waals surface area contributed by atoms with E-state index in [9.17, 15) is 4.79 Å². The fourth-order valence-electron chi connectivity index (χ4n) is 5.77. The number of likely N-dealkylation sites (tertiary alicyclic amines) is 1. The van der Waals surface area contributed by atoms with E-state index in [1.165, 1.54) is 5.56 Å². The molecule has 3 aliphatic rings. The number of fused-ring (bicyclic) bond motifs is 2. The quantitative estimate of drug-likeness (QED) is 0.756. The second-order valence-electron chi connectivity index (χ2n) is 9.19. The Bertz CT molecular complexity index is 958. The normalized spacial score (nSPS) is 21.7. The molecule has 0 bridgehead atoms. The van der Waals surface area contributed by atoms with Gasteiger partial charge in [0.2, 0.25) is 5.91 Å². The number of benzene rings is 1. The van der Waals surface area contributed by atoms with Gasteiger partial charge in [-0.3, -0.25) is 4.79 Å². The largest absolute Gasteiger partial charge is 0.497 e. The van der Waals surface area contributed by atoms with Gasteiger partial charge in [-0.15, -0.1) is 0 Å². The van der Waals surface area contributed by atoms with Crippen molar-refractivity contribution in [3.63, 3.8) is 0 Å². The number of nitrogens with zero attached hydrogens (tertiary/aromatic N) is 3. The fraction of sp³-hybridized carbons (Fsp3) is 0.560. The zero-order valence-electron chi connectivity index (χ0n) is 18.5. The highest BCUT2D eigenvalue weighted by Crippen LogP contribution is 2.45. The van der Waals surface area contributed by atoms with Gasteiger partial charge in [-0.05, 0) is 62.3 Å². The van der Waals surface area contributed by atoms with E-state index in [2.05, 4.69) is 22.0 Å². The highest BCUT2D eigenvalue weighted by Gasteiger charge is 2.48. The fourth-order valence-corrected chi connectivity index (χ4v) is 5.77. The zero-order valence-corrected chi connectivity index (χ0v) is 18.5. The van der Waals surface area contributed by atoms with Gasteiger partial charge in [-0.2, -0.15) is 0 Å². The monoisotopic (exact) mass is 421 g/mol. The first-order chi connectivity index (χ1) is 15.1. The number of rotatable bonds is 3. The summed E-state index contributed by atoms with van der Waals surface area (Å²) in [5.41, 5.74) is 2.59. The van der Waals surface area contributed by atoms with E-state index >= 15 is 0 Å². The Labute approximate surface area is 184 Å². The van der Waals surface area contributed by atoms with Gasteiger partial charge >= 0.3 is 0 Å². The molecule has 6 nitrogen and oxygen atoms in total. The van der Waals surface area contributed by atoms with Crippen molar-refractivity contribution in [1.29, 1.82) is 0 Å². The Kier molecular flexibility index (Phi) is 5.21. The SMILES string of the molecule is COc1ccc(C2(C(=O)N3CCC4(CC3)OCCc3cnc(C)nc34)CCCC2)cc1. The molecule has 1 aromatic carbocycles. The first-order valence-corrected chi connectivity index (χ1v) is 11.5. The van der Waals surface area contributed by atoms with Crippen molar-refractivity contribution in [2.75, 3.05) is 26.8 Å². The van der Waals surface area contributed by atoms with E-state index in [0.29, 0.717) is 19.7 Å². The van der Waals surface area contributed by atoms with Crippen LogP contribution in [0.2, 0.25) is 0 Å². The Morgan fingerprint density at radius 2 is 1.81 bits per heavy atom. The molecule has 0 atom stereocenters. The zero-order chi connectivity index (χ0) is 21.5. The van der Waals surface area contributed by atoms with Crippen LogP contribution < -0.4 is 4.74 Å². The van der Waals surface area contributed by atoms with Crippen molar-refractivity contribution in [3.8, 4) is 5.75 Å². The van der Waals surface area contributed by atoms with E-state index in [4.69, 9.17) is 14.5 Å². The number of hydrogen-bond acceptors (Lipinski definition) is 5. The molecule has 3 heterocycles. The lowest BCUT2D eigenvalue weighted by Gasteiger charge is -2.46. The Morgan fingerprint density at radius 3 is 2.48 bits per heavy atom. The van der Waals surface area contributed by atoms with Crippen LogP contribution in [-0.4, -0.2) is 47.6 Å². The predicted octanol–water partition coefficient (Wildman–Crippen LogP) is 3.70. The molecule has 1 saturated heterocycles. The van der Waals surface area contributed by atoms with Crippen molar-refractivity contribution in [1.82, 2.24) is 14.9 Å². The van der Waals surface area contributed by atoms with Crippen LogP contribution in [0.5, 0.6) is 5.75 Å². The molecule has 0 unspecified atom stereocenters. The number of carbonyl (C=O) groups is 1. The Morgan fingerprint density at radius 1 is 1.10 bits per heavy atom. The van der Waals surface area contributed by atoms with Crippen LogP contribution in [-0.2, 0) is 27.0 Å². The second kappa shape index (κ2) is 7.90. The molecule has 1 saturated carbocycles. The van der Waals surface area contributed by atoms with Gasteiger partial charge in [0.15, 0.2) is 0 Å². The number of aromatic nitrogens is 2. The topological polar surface area (TPSA) is 64.5 Å². The lowest BCUT2D eigenvalue weighted by Crippen LogP contribution is -2.53. The third kappa shape index (κ3) is 3.41. The lowest BCUT2D eigenvalue weighted by molar-refractivity contribution is -0.147. The van der Waals surface area contributed by atoms with Crippen LogP contribution in [0.3, 0.4) is 0 Å². The van der Waals surface area contributed by atoms with Crippen LogP contribution >= 0.6 is 0 Å². The molecule has 1 amide bonds. The molecule has 164 valence electrons. The minimum atomic E-state index is -0.402. The van der Waals surface area contributed by atoms with Gasteiger partial charge in [-0.25, -0.2) is 9.97 Å². The van der Waals surface area contributed by atoms with Crippen LogP contribution in [0.15, 0.2) is 30.5 Å². The highest BCUT2D eigenvalue weighted by molar-refractivity contribution is 5.89. The molecular weight excluding hydrogens is 390 g/mol. The molecule has 5 rings (SSSR count). The number of ether oxygens (including phenoxy) is 2. The summed E-state index contributed by atoms with van der Waals surface area (Å²) < 4.78 is 11.7. The van der Waals surface area contributed by atoms with Gasteiger partial charge in [0.1, 0.15) is 17.2 Å². The van der Waals surface area contributed by atoms with E-state index in [-0.39, 0.29) is 11.5 Å². The van der Waals surface area contributed by atoms with Crippen molar-refractivity contribution >= 4 is 5.91 Å². The third-order valence-electron chi connectivity index (χ3n) is 7.53. The molecule has 6 heteroatoms. The second-order valence-corrected chi connectivity index (χ2v) is 9.19. The number of hydrogen-bond donors (Lipinski definition) is 0. The lowest BCUT2D eigenvalue weighted by atomic mass is 9.76. The average Bonchev–Trinajstić information content (AvgIpc) is 3.31. The first kappa shape index (κ1) is 20.4. The summed E-state index contributed by atoms with van der Waals surface area (Å²) in [5.74, 6) is 1.89. The van der Waals surface area contributed by atoms with E-state index in [0.717, 1.165) is 67.8 Å². The number of methoxy groups -OCH3 is 1. The van der Waals surface area contributed by atoms with Crippen molar-refractivity contribution < 1.29 is 14.3 Å². The highest BCUT2D eigenvalue weighted by atomic mass is 16.5. The molecule has 2 fully saturated rings. The Hall–Kier alpha value is -2.47. The minimum Gasteiger partial charge on any atom is -0.497 e. The molecule has 1 spiro atoms. The predicted molar refractivity (Wildman–Crippen MR) is 117 cm³/mol. The molecule has 2 aliphatic heterocycles. The number of carbonyl (C=O) groups excluding carboxylic acids is 1. The average molecular weight is 422 g/mol. The smallest absolute Gasteiger partial charge is 0.233 e. The van der Waals surface area contributed by atoms with Gasteiger partial charge in [0, 0.05) is 19.3 Å². The molecule has 0 radical (unpaired) electrons. The summed E-state index contributed by atoms with van der Waals surface area (Å²) in [5, 5.41) is 0. The summed E-state index contributed by atoms with van der Waals surface area (Å²) in [7, 11) is 1.67. The van der Waals surface area contributed by atoms with E-state index in [1.54, 1.807) is 7.11 Å². The van der Waals surface area contributed by atoms with Crippen molar-refractivity contribution in [3.05, 3.63) is 53.1 Å². The summed E-state index contributed by atoms with van der Waals surface area (Å²) in [4.78, 5) is 25.1. The van der Waals surface area contributed by atoms with Crippen molar-refractivity contribution in [2.24, 2.45) is 0 Å². The summed E-state index contributed by atoms with van der Waals surface area (Å²) in [6.45, 7) is 4.04. The van der Waals surface area contributed by atoms with E-state index < -0.39 is 5.41 Å². The molecule has 1 aromatic heterocycles. The van der Waals surface area contributed by atoms with Gasteiger partial charge < -0.3 is 14.4 Å². The van der Waals surface area contributed by atoms with Crippen LogP contribution in [0, 0.1) is 6.92 Å². The summed E-state index contributed by atoms with van der Waals surface area (Å²) in [6.07, 6.45) is 8.45. The number of amides is 1. The maximum absolute atomic E-state index is 13.9. The number of aryl methyl sites for hydroxylation is 1. The van der Waals surface area contributed by atoms with Gasteiger partial charge in [0.25, 0.3) is 0 Å². The maximum atomic E-state index is 13.9. The molecule has 2 aromatic rings. The maximum Gasteiger partial charge on any atom is 0.233 e. The van der Waals surface area contributed by atoms with Crippen LogP contribution in [0.1, 0.15) is 61.2 Å². The van der Waals surface area contributed by atoms with Crippen LogP contribution in [0.4, 0.5) is 0 Å². The first-order valence-electron chi connectivity index (χ1n) is 11.5. The standard InChI is InChI=1S/C25H31N3O3/c1-18-26-17-19-9-16-31-25(22(19)27-18)12-14-28(15-13-25)23(29)24(10-3-4-11-24)20-5-7-21(30-2)8-6-20/h5-8,17H,3-4,9-16H2,1-2H3. The Balaban J connectivity index is 1.38. The molecule has 31 heavy (non-hydrogen) atoms. The van der Waals surface area contributed by atoms with Crippen LogP contribution in [0.25, 0.3) is 0 Å². The minimum absolute atomic E-state index is 0.278. The molecule has 1 aliphatic carbocycles. The summed E-state index contributed by atoms with van der Waals surface area (Å²) >= 11 is 0.